The molecule has 1 aliphatic heterocycles. The van der Waals surface area contributed by atoms with Crippen molar-refractivity contribution in [1.29, 1.82) is 0 Å². The van der Waals surface area contributed by atoms with Gasteiger partial charge < -0.3 is 0 Å². The van der Waals surface area contributed by atoms with E-state index in [-0.39, 0.29) is 17.0 Å². The van der Waals surface area contributed by atoms with Crippen LogP contribution in [0.15, 0.2) is 42.5 Å². The van der Waals surface area contributed by atoms with Gasteiger partial charge in [-0.2, -0.15) is 0 Å². The molecule has 0 unspecified atom stereocenters. The van der Waals surface area contributed by atoms with E-state index in [0.717, 1.165) is 4.90 Å². The molecular formula is C18H13Cl2N3O4. The summed E-state index contributed by atoms with van der Waals surface area (Å²) in [6.07, 6.45) is 0.0275. The van der Waals surface area contributed by atoms with Crippen LogP contribution in [0.5, 0.6) is 0 Å². The Bertz CT molecular complexity index is 961. The average Bonchev–Trinajstić information content (AvgIpc) is 2.65. The highest BCUT2D eigenvalue weighted by molar-refractivity contribution is 6.35. The van der Waals surface area contributed by atoms with Gasteiger partial charge in [-0.1, -0.05) is 41.4 Å². The maximum absolute atomic E-state index is 12.4. The topological polar surface area (TPSA) is 95.6 Å². The maximum Gasteiger partial charge on any atom is 0.271 e. The molecule has 7 nitrogen and oxygen atoms in total. The van der Waals surface area contributed by atoms with Crippen LogP contribution in [0.25, 0.3) is 0 Å². The number of hydrazine groups is 1. The van der Waals surface area contributed by atoms with E-state index in [0.29, 0.717) is 16.1 Å². The molecule has 0 atom stereocenters. The zero-order chi connectivity index (χ0) is 19.6. The number of hydrogen-bond acceptors (Lipinski definition) is 4. The van der Waals surface area contributed by atoms with Crippen LogP contribution in [0.1, 0.15) is 26.3 Å². The van der Waals surface area contributed by atoms with E-state index < -0.39 is 30.2 Å². The molecule has 4 amide bonds. The minimum atomic E-state index is -0.734. The predicted molar refractivity (Wildman–Crippen MR) is 98.3 cm³/mol. The van der Waals surface area contributed by atoms with Crippen LogP contribution < -0.4 is 10.9 Å². The molecule has 138 valence electrons. The van der Waals surface area contributed by atoms with Gasteiger partial charge in [0.25, 0.3) is 17.7 Å². The second kappa shape index (κ2) is 7.77. The minimum absolute atomic E-state index is 0.0275. The Morgan fingerprint density at radius 2 is 1.78 bits per heavy atom. The summed E-state index contributed by atoms with van der Waals surface area (Å²) in [5.74, 6) is -2.46. The molecule has 3 rings (SSSR count). The van der Waals surface area contributed by atoms with Crippen molar-refractivity contribution in [1.82, 2.24) is 15.8 Å². The first-order valence-corrected chi connectivity index (χ1v) is 8.59. The number of imide groups is 1. The standard InChI is InChI=1S/C18H13Cl2N3O4/c19-11-5-6-14(20)13(8-11)17(26)22-21-15(24)9-23-16(25)7-10-3-1-2-4-12(10)18(23)27/h1-6,8H,7,9H2,(H,21,24)(H,22,26). The van der Waals surface area contributed by atoms with Gasteiger partial charge in [0.05, 0.1) is 17.0 Å². The van der Waals surface area contributed by atoms with E-state index in [2.05, 4.69) is 10.9 Å². The summed E-state index contributed by atoms with van der Waals surface area (Å²) < 4.78 is 0. The molecule has 0 bridgehead atoms. The van der Waals surface area contributed by atoms with Crippen molar-refractivity contribution in [3.63, 3.8) is 0 Å². The van der Waals surface area contributed by atoms with Crippen LogP contribution in [-0.2, 0) is 16.0 Å². The van der Waals surface area contributed by atoms with Crippen LogP contribution in [0.4, 0.5) is 0 Å². The van der Waals surface area contributed by atoms with Crippen LogP contribution in [0.3, 0.4) is 0 Å². The summed E-state index contributed by atoms with van der Waals surface area (Å²) in [7, 11) is 0. The van der Waals surface area contributed by atoms with Crippen molar-refractivity contribution < 1.29 is 19.2 Å². The number of amides is 4. The molecule has 0 spiro atoms. The van der Waals surface area contributed by atoms with E-state index >= 15 is 0 Å². The van der Waals surface area contributed by atoms with Crippen LogP contribution in [0.2, 0.25) is 10.0 Å². The summed E-state index contributed by atoms with van der Waals surface area (Å²) >= 11 is 11.7. The second-order valence-electron chi connectivity index (χ2n) is 5.75. The van der Waals surface area contributed by atoms with Gasteiger partial charge in [0.2, 0.25) is 5.91 Å². The number of carbonyl (C=O) groups excluding carboxylic acids is 4. The van der Waals surface area contributed by atoms with Crippen molar-refractivity contribution in [2.45, 2.75) is 6.42 Å². The number of fused-ring (bicyclic) bond motifs is 1. The molecule has 1 heterocycles. The number of halogens is 2. The van der Waals surface area contributed by atoms with E-state index in [1.807, 2.05) is 0 Å². The molecule has 0 saturated carbocycles. The van der Waals surface area contributed by atoms with Gasteiger partial charge in [0.15, 0.2) is 0 Å². The number of hydrogen-bond donors (Lipinski definition) is 2. The molecule has 0 aliphatic carbocycles. The Morgan fingerprint density at radius 3 is 2.56 bits per heavy atom. The molecule has 2 aromatic carbocycles. The van der Waals surface area contributed by atoms with Crippen molar-refractivity contribution in [2.75, 3.05) is 6.54 Å². The minimum Gasteiger partial charge on any atom is -0.274 e. The SMILES string of the molecule is O=C(CN1C(=O)Cc2ccccc2C1=O)NNC(=O)c1cc(Cl)ccc1Cl. The van der Waals surface area contributed by atoms with Gasteiger partial charge in [0, 0.05) is 10.6 Å². The first kappa shape index (κ1) is 18.9. The maximum atomic E-state index is 12.4. The fourth-order valence-electron chi connectivity index (χ4n) is 2.61. The normalized spacial score (nSPS) is 13.2. The van der Waals surface area contributed by atoms with Gasteiger partial charge in [-0.3, -0.25) is 34.9 Å². The summed E-state index contributed by atoms with van der Waals surface area (Å²) in [5, 5.41) is 0.461. The summed E-state index contributed by atoms with van der Waals surface area (Å²) in [4.78, 5) is 49.6. The van der Waals surface area contributed by atoms with E-state index in [9.17, 15) is 19.2 Å². The van der Waals surface area contributed by atoms with Gasteiger partial charge in [-0.05, 0) is 29.8 Å². The largest absolute Gasteiger partial charge is 0.274 e. The van der Waals surface area contributed by atoms with Crippen molar-refractivity contribution in [3.8, 4) is 0 Å². The Balaban J connectivity index is 1.63. The van der Waals surface area contributed by atoms with E-state index in [1.165, 1.54) is 18.2 Å². The Hall–Kier alpha value is -2.90. The predicted octanol–water partition coefficient (Wildman–Crippen LogP) is 1.98. The number of rotatable bonds is 3. The molecule has 2 aromatic rings. The molecule has 27 heavy (non-hydrogen) atoms. The van der Waals surface area contributed by atoms with Gasteiger partial charge in [-0.25, -0.2) is 0 Å². The van der Waals surface area contributed by atoms with Gasteiger partial charge >= 0.3 is 0 Å². The average molecular weight is 406 g/mol. The second-order valence-corrected chi connectivity index (χ2v) is 6.59. The fourth-order valence-corrected chi connectivity index (χ4v) is 2.98. The number of nitrogens with one attached hydrogen (secondary N) is 2. The lowest BCUT2D eigenvalue weighted by Crippen LogP contribution is -2.51. The van der Waals surface area contributed by atoms with E-state index in [1.54, 1.807) is 24.3 Å². The highest BCUT2D eigenvalue weighted by Gasteiger charge is 2.32. The highest BCUT2D eigenvalue weighted by Crippen LogP contribution is 2.21. The van der Waals surface area contributed by atoms with Crippen LogP contribution in [0, 0.1) is 0 Å². The number of nitrogens with zero attached hydrogens (tertiary/aromatic N) is 1. The molecule has 9 heteroatoms. The van der Waals surface area contributed by atoms with Crippen molar-refractivity contribution >= 4 is 46.8 Å². The number of benzene rings is 2. The van der Waals surface area contributed by atoms with Crippen LogP contribution >= 0.6 is 23.2 Å². The third-order valence-corrected chi connectivity index (χ3v) is 4.49. The lowest BCUT2D eigenvalue weighted by Gasteiger charge is -2.26. The highest BCUT2D eigenvalue weighted by atomic mass is 35.5. The molecule has 2 N–H and O–H groups in total. The first-order chi connectivity index (χ1) is 12.9. The lowest BCUT2D eigenvalue weighted by molar-refractivity contribution is -0.133. The van der Waals surface area contributed by atoms with Crippen molar-refractivity contribution in [2.24, 2.45) is 0 Å². The Kier molecular flexibility index (Phi) is 5.43. The Morgan fingerprint density at radius 1 is 1.04 bits per heavy atom. The molecule has 0 radical (unpaired) electrons. The molecule has 0 aromatic heterocycles. The molecular weight excluding hydrogens is 393 g/mol. The number of carbonyl (C=O) groups is 4. The van der Waals surface area contributed by atoms with Gasteiger partial charge in [-0.15, -0.1) is 0 Å². The molecule has 0 saturated heterocycles. The fraction of sp³-hybridized carbons (Fsp3) is 0.111. The zero-order valence-corrected chi connectivity index (χ0v) is 15.3. The molecule has 0 fully saturated rings. The summed E-state index contributed by atoms with van der Waals surface area (Å²) in [6, 6.07) is 11.0. The quantitative estimate of drug-likeness (QED) is 0.602. The lowest BCUT2D eigenvalue weighted by atomic mass is 9.98. The van der Waals surface area contributed by atoms with Crippen LogP contribution in [-0.4, -0.2) is 35.1 Å². The van der Waals surface area contributed by atoms with E-state index in [4.69, 9.17) is 23.2 Å². The van der Waals surface area contributed by atoms with Crippen molar-refractivity contribution in [3.05, 3.63) is 69.2 Å². The summed E-state index contributed by atoms with van der Waals surface area (Å²) in [5.41, 5.74) is 5.39. The third-order valence-electron chi connectivity index (χ3n) is 3.93. The summed E-state index contributed by atoms with van der Waals surface area (Å²) in [6.45, 7) is -0.518. The van der Waals surface area contributed by atoms with Gasteiger partial charge in [0.1, 0.15) is 6.54 Å². The third kappa shape index (κ3) is 4.10. The monoisotopic (exact) mass is 405 g/mol. The zero-order valence-electron chi connectivity index (χ0n) is 13.8. The first-order valence-electron chi connectivity index (χ1n) is 7.83. The Labute approximate surface area is 164 Å². The smallest absolute Gasteiger partial charge is 0.271 e. The molecule has 1 aliphatic rings.